The van der Waals surface area contributed by atoms with Gasteiger partial charge in [-0.05, 0) is 55.2 Å². The number of ether oxygens (including phenoxy) is 1. The highest BCUT2D eigenvalue weighted by atomic mass is 79.9. The number of alkyl carbamates (subject to hydrolysis) is 1. The van der Waals surface area contributed by atoms with Crippen molar-refractivity contribution >= 4 is 39.3 Å². The van der Waals surface area contributed by atoms with Gasteiger partial charge in [-0.15, -0.1) is 11.3 Å². The largest absolute Gasteiger partial charge is 0.480 e. The highest BCUT2D eigenvalue weighted by molar-refractivity contribution is 9.11. The molecule has 1 aliphatic carbocycles. The molecule has 0 saturated heterocycles. The van der Waals surface area contributed by atoms with Crippen LogP contribution in [0.15, 0.2) is 63.8 Å². The summed E-state index contributed by atoms with van der Waals surface area (Å²) in [6.07, 6.45) is -0.532. The first-order chi connectivity index (χ1) is 14.0. The van der Waals surface area contributed by atoms with Crippen molar-refractivity contribution in [2.75, 3.05) is 6.61 Å². The summed E-state index contributed by atoms with van der Waals surface area (Å²) in [4.78, 5) is 23.9. The summed E-state index contributed by atoms with van der Waals surface area (Å²) in [5.41, 5.74) is 5.35. The number of nitrogens with one attached hydrogen (secondary N) is 1. The van der Waals surface area contributed by atoms with Gasteiger partial charge in [0.1, 0.15) is 12.6 Å². The number of rotatable bonds is 6. The third kappa shape index (κ3) is 4.21. The van der Waals surface area contributed by atoms with Crippen molar-refractivity contribution in [3.05, 3.63) is 80.5 Å². The number of thiophene rings is 1. The van der Waals surface area contributed by atoms with Gasteiger partial charge in [0.2, 0.25) is 0 Å². The van der Waals surface area contributed by atoms with Crippen LogP contribution in [0.5, 0.6) is 0 Å². The van der Waals surface area contributed by atoms with Gasteiger partial charge in [-0.2, -0.15) is 0 Å². The molecule has 0 unspecified atom stereocenters. The van der Waals surface area contributed by atoms with Crippen LogP contribution in [0.25, 0.3) is 11.1 Å². The van der Waals surface area contributed by atoms with Gasteiger partial charge in [0.15, 0.2) is 0 Å². The minimum Gasteiger partial charge on any atom is -0.480 e. The first-order valence-corrected chi connectivity index (χ1v) is 10.8. The van der Waals surface area contributed by atoms with Crippen molar-refractivity contribution in [1.29, 1.82) is 0 Å². The molecule has 7 heteroatoms. The normalized spacial score (nSPS) is 13.4. The van der Waals surface area contributed by atoms with Crippen LogP contribution in [0, 0.1) is 0 Å². The second-order valence-corrected chi connectivity index (χ2v) is 9.11. The molecule has 2 N–H and O–H groups in total. The number of carbonyl (C=O) groups is 2. The van der Waals surface area contributed by atoms with E-state index in [1.807, 2.05) is 47.8 Å². The van der Waals surface area contributed by atoms with Crippen LogP contribution < -0.4 is 5.32 Å². The van der Waals surface area contributed by atoms with Crippen LogP contribution >= 0.6 is 27.3 Å². The van der Waals surface area contributed by atoms with Crippen molar-refractivity contribution in [3.8, 4) is 11.1 Å². The minimum absolute atomic E-state index is 0.0655. The molecular formula is C22H18BrNO4S. The lowest BCUT2D eigenvalue weighted by Crippen LogP contribution is -2.42. The van der Waals surface area contributed by atoms with E-state index in [0.29, 0.717) is 0 Å². The van der Waals surface area contributed by atoms with Gasteiger partial charge < -0.3 is 15.2 Å². The number of amides is 1. The van der Waals surface area contributed by atoms with Crippen molar-refractivity contribution in [3.63, 3.8) is 0 Å². The van der Waals surface area contributed by atoms with E-state index in [9.17, 15) is 14.7 Å². The first kappa shape index (κ1) is 19.7. The summed E-state index contributed by atoms with van der Waals surface area (Å²) in [7, 11) is 0. The molecular weight excluding hydrogens is 454 g/mol. The molecule has 1 aromatic heterocycles. The third-order valence-corrected chi connectivity index (χ3v) is 6.55. The Bertz CT molecular complexity index is 1020. The maximum atomic E-state index is 12.3. The van der Waals surface area contributed by atoms with Gasteiger partial charge in [0, 0.05) is 12.3 Å². The fraction of sp³-hybridized carbons (Fsp3) is 0.182. The highest BCUT2D eigenvalue weighted by Crippen LogP contribution is 2.44. The molecule has 0 aliphatic heterocycles. The second kappa shape index (κ2) is 8.39. The Kier molecular flexibility index (Phi) is 5.69. The Morgan fingerprint density at radius 3 is 2.28 bits per heavy atom. The minimum atomic E-state index is -1.10. The summed E-state index contributed by atoms with van der Waals surface area (Å²) < 4.78 is 6.36. The summed E-state index contributed by atoms with van der Waals surface area (Å²) >= 11 is 4.83. The molecule has 5 nitrogen and oxygen atoms in total. The van der Waals surface area contributed by atoms with Crippen molar-refractivity contribution in [2.24, 2.45) is 0 Å². The van der Waals surface area contributed by atoms with Crippen LogP contribution in [0.4, 0.5) is 4.79 Å². The van der Waals surface area contributed by atoms with Gasteiger partial charge in [-0.3, -0.25) is 0 Å². The Morgan fingerprint density at radius 2 is 1.72 bits per heavy atom. The van der Waals surface area contributed by atoms with E-state index in [1.165, 1.54) is 11.3 Å². The summed E-state index contributed by atoms with van der Waals surface area (Å²) in [6.45, 7) is 0.149. The van der Waals surface area contributed by atoms with Gasteiger partial charge in [0.05, 0.1) is 3.79 Å². The Balaban J connectivity index is 1.43. The number of benzene rings is 2. The smallest absolute Gasteiger partial charge is 0.407 e. The number of halogens is 1. The van der Waals surface area contributed by atoms with E-state index in [0.717, 1.165) is 31.6 Å². The van der Waals surface area contributed by atoms with Crippen LogP contribution in [0.1, 0.15) is 22.6 Å². The Labute approximate surface area is 180 Å². The van der Waals surface area contributed by atoms with Crippen molar-refractivity contribution in [2.45, 2.75) is 18.4 Å². The lowest BCUT2D eigenvalue weighted by atomic mass is 9.98. The Hall–Kier alpha value is -2.64. The summed E-state index contributed by atoms with van der Waals surface area (Å²) in [5, 5.41) is 13.8. The Morgan fingerprint density at radius 1 is 1.10 bits per heavy atom. The van der Waals surface area contributed by atoms with Crippen LogP contribution in [-0.4, -0.2) is 29.8 Å². The predicted molar refractivity (Wildman–Crippen MR) is 115 cm³/mol. The van der Waals surface area contributed by atoms with Crippen molar-refractivity contribution in [1.82, 2.24) is 5.32 Å². The van der Waals surface area contributed by atoms with Gasteiger partial charge >= 0.3 is 12.1 Å². The molecule has 0 fully saturated rings. The lowest BCUT2D eigenvalue weighted by Gasteiger charge is -2.17. The van der Waals surface area contributed by atoms with E-state index in [4.69, 9.17) is 4.74 Å². The first-order valence-electron chi connectivity index (χ1n) is 9.10. The number of hydrogen-bond donors (Lipinski definition) is 2. The molecule has 1 amide bonds. The number of carboxylic acid groups (broad SMARTS) is 1. The highest BCUT2D eigenvalue weighted by Gasteiger charge is 2.29. The fourth-order valence-corrected chi connectivity index (χ4v) is 4.89. The van der Waals surface area contributed by atoms with Gasteiger partial charge in [0.25, 0.3) is 0 Å². The zero-order chi connectivity index (χ0) is 20.4. The predicted octanol–water partition coefficient (Wildman–Crippen LogP) is 5.05. The molecule has 3 aromatic rings. The van der Waals surface area contributed by atoms with E-state index < -0.39 is 18.1 Å². The molecule has 1 atom stereocenters. The molecule has 0 spiro atoms. The standard InChI is InChI=1S/C22H18BrNO4S/c23-20-10-13(12-29-20)9-19(21(25)26)24-22(27)28-11-18-16-7-3-1-5-14(16)15-6-2-4-8-17(15)18/h1-8,10,12,18-19H,9,11H2,(H,24,27)(H,25,26)/t19-/m0/s1. The number of carbonyl (C=O) groups excluding carboxylic acids is 1. The maximum absolute atomic E-state index is 12.3. The quantitative estimate of drug-likeness (QED) is 0.527. The maximum Gasteiger partial charge on any atom is 0.407 e. The molecule has 29 heavy (non-hydrogen) atoms. The monoisotopic (exact) mass is 471 g/mol. The summed E-state index contributed by atoms with van der Waals surface area (Å²) in [5.74, 6) is -1.16. The SMILES string of the molecule is O=C(N[C@@H](Cc1csc(Br)c1)C(=O)O)OCC1c2ccccc2-c2ccccc21. The molecule has 0 bridgehead atoms. The van der Waals surface area contributed by atoms with Crippen LogP contribution in [0.2, 0.25) is 0 Å². The number of aliphatic carboxylic acids is 1. The molecule has 0 radical (unpaired) electrons. The van der Waals surface area contributed by atoms with Crippen LogP contribution in [-0.2, 0) is 16.0 Å². The second-order valence-electron chi connectivity index (χ2n) is 6.82. The van der Waals surface area contributed by atoms with E-state index in [1.54, 1.807) is 0 Å². The number of hydrogen-bond acceptors (Lipinski definition) is 4. The van der Waals surface area contributed by atoms with Gasteiger partial charge in [-0.25, -0.2) is 9.59 Å². The number of carboxylic acids is 1. The van der Waals surface area contributed by atoms with Gasteiger partial charge in [-0.1, -0.05) is 48.5 Å². The molecule has 1 heterocycles. The van der Waals surface area contributed by atoms with Crippen LogP contribution in [0.3, 0.4) is 0 Å². The molecule has 2 aromatic carbocycles. The molecule has 1 aliphatic rings. The molecule has 0 saturated carbocycles. The van der Waals surface area contributed by atoms with E-state index in [-0.39, 0.29) is 18.9 Å². The van der Waals surface area contributed by atoms with Crippen molar-refractivity contribution < 1.29 is 19.4 Å². The number of fused-ring (bicyclic) bond motifs is 3. The zero-order valence-electron chi connectivity index (χ0n) is 15.3. The average Bonchev–Trinajstić information content (AvgIpc) is 3.27. The lowest BCUT2D eigenvalue weighted by molar-refractivity contribution is -0.139. The molecule has 4 rings (SSSR count). The third-order valence-electron chi connectivity index (χ3n) is 5.00. The average molecular weight is 472 g/mol. The molecule has 148 valence electrons. The van der Waals surface area contributed by atoms with E-state index >= 15 is 0 Å². The fourth-order valence-electron chi connectivity index (χ4n) is 3.67. The van der Waals surface area contributed by atoms with E-state index in [2.05, 4.69) is 33.4 Å². The zero-order valence-corrected chi connectivity index (χ0v) is 17.7. The summed E-state index contributed by atoms with van der Waals surface area (Å²) in [6, 6.07) is 16.9. The topological polar surface area (TPSA) is 75.6 Å².